The molecule has 0 saturated carbocycles. The van der Waals surface area contributed by atoms with E-state index < -0.39 is 37.3 Å². The van der Waals surface area contributed by atoms with Gasteiger partial charge in [-0.1, -0.05) is 6.07 Å². The molecule has 1 aliphatic heterocycles. The molecule has 0 aromatic heterocycles. The number of rotatable bonds is 7. The molecule has 1 fully saturated rings. The van der Waals surface area contributed by atoms with Crippen LogP contribution in [0.4, 0.5) is 0 Å². The number of benzene rings is 1. The molecular formula is C16H24O8. The average Bonchev–Trinajstić information content (AvgIpc) is 2.61. The molecule has 1 heterocycles. The second kappa shape index (κ2) is 8.61. The van der Waals surface area contributed by atoms with Crippen molar-refractivity contribution in [1.29, 1.82) is 0 Å². The fourth-order valence-electron chi connectivity index (χ4n) is 2.53. The van der Waals surface area contributed by atoms with E-state index in [-0.39, 0.29) is 6.61 Å². The molecule has 1 aromatic carbocycles. The molecule has 0 bridgehead atoms. The molecule has 0 amide bonds. The zero-order valence-electron chi connectivity index (χ0n) is 13.7. The topological polar surface area (TPSA) is 118 Å². The van der Waals surface area contributed by atoms with Gasteiger partial charge in [0.1, 0.15) is 24.4 Å². The van der Waals surface area contributed by atoms with E-state index in [9.17, 15) is 15.3 Å². The first-order valence-corrected chi connectivity index (χ1v) is 7.64. The minimum Gasteiger partial charge on any atom is -0.493 e. The summed E-state index contributed by atoms with van der Waals surface area (Å²) in [5, 5.41) is 38.4. The van der Waals surface area contributed by atoms with Gasteiger partial charge >= 0.3 is 0 Å². The minimum absolute atomic E-state index is 0.207. The molecule has 1 aliphatic rings. The van der Waals surface area contributed by atoms with E-state index in [1.54, 1.807) is 20.3 Å². The third-order valence-electron chi connectivity index (χ3n) is 3.97. The minimum atomic E-state index is -1.44. The van der Waals surface area contributed by atoms with Crippen molar-refractivity contribution in [3.63, 3.8) is 0 Å². The Morgan fingerprint density at radius 2 is 1.71 bits per heavy atom. The summed E-state index contributed by atoms with van der Waals surface area (Å²) < 4.78 is 21.1. The molecule has 0 unspecified atom stereocenters. The van der Waals surface area contributed by atoms with Gasteiger partial charge in [0.2, 0.25) is 0 Å². The van der Waals surface area contributed by atoms with Crippen molar-refractivity contribution in [3.8, 4) is 11.5 Å². The smallest absolute Gasteiger partial charge is 0.186 e. The summed E-state index contributed by atoms with van der Waals surface area (Å²) in [5.41, 5.74) is 0.928. The van der Waals surface area contributed by atoms with E-state index in [0.29, 0.717) is 17.9 Å². The maximum Gasteiger partial charge on any atom is 0.186 e. The van der Waals surface area contributed by atoms with Crippen molar-refractivity contribution in [3.05, 3.63) is 23.8 Å². The lowest BCUT2D eigenvalue weighted by molar-refractivity contribution is -0.300. The van der Waals surface area contributed by atoms with Crippen LogP contribution in [0.15, 0.2) is 18.2 Å². The van der Waals surface area contributed by atoms with Crippen molar-refractivity contribution < 1.29 is 39.4 Å². The van der Waals surface area contributed by atoms with Crippen LogP contribution in [0.5, 0.6) is 11.5 Å². The molecule has 0 aliphatic carbocycles. The van der Waals surface area contributed by atoms with Gasteiger partial charge in [0, 0.05) is 0 Å². The number of aliphatic hydroxyl groups is 4. The second-order valence-electron chi connectivity index (χ2n) is 5.51. The Bertz CT molecular complexity index is 521. The molecule has 8 nitrogen and oxygen atoms in total. The van der Waals surface area contributed by atoms with Gasteiger partial charge in [-0.05, 0) is 24.1 Å². The third kappa shape index (κ3) is 4.15. The summed E-state index contributed by atoms with van der Waals surface area (Å²) in [4.78, 5) is 0. The summed E-state index contributed by atoms with van der Waals surface area (Å²) >= 11 is 0. The van der Waals surface area contributed by atoms with Crippen LogP contribution in [-0.4, -0.2) is 78.6 Å². The summed E-state index contributed by atoms with van der Waals surface area (Å²) in [6, 6.07) is 5.45. The molecule has 2 rings (SSSR count). The van der Waals surface area contributed by atoms with Gasteiger partial charge in [0.05, 0.1) is 27.4 Å². The van der Waals surface area contributed by atoms with E-state index in [0.717, 1.165) is 5.56 Å². The van der Waals surface area contributed by atoms with Gasteiger partial charge in [0.15, 0.2) is 17.8 Å². The lowest BCUT2D eigenvalue weighted by Gasteiger charge is -2.39. The van der Waals surface area contributed by atoms with Gasteiger partial charge in [-0.15, -0.1) is 0 Å². The summed E-state index contributed by atoms with van der Waals surface area (Å²) in [5.74, 6) is 1.22. The van der Waals surface area contributed by atoms with E-state index in [4.69, 9.17) is 24.1 Å². The maximum absolute atomic E-state index is 9.89. The first-order valence-electron chi connectivity index (χ1n) is 7.64. The van der Waals surface area contributed by atoms with E-state index in [1.165, 1.54) is 0 Å². The predicted molar refractivity (Wildman–Crippen MR) is 83.0 cm³/mol. The largest absolute Gasteiger partial charge is 0.493 e. The normalized spacial score (nSPS) is 30.2. The third-order valence-corrected chi connectivity index (χ3v) is 3.97. The van der Waals surface area contributed by atoms with Gasteiger partial charge in [-0.3, -0.25) is 0 Å². The molecule has 1 aromatic rings. The Labute approximate surface area is 140 Å². The fourth-order valence-corrected chi connectivity index (χ4v) is 2.53. The Morgan fingerprint density at radius 1 is 1.00 bits per heavy atom. The van der Waals surface area contributed by atoms with Crippen molar-refractivity contribution in [2.45, 2.75) is 37.1 Å². The molecular weight excluding hydrogens is 320 g/mol. The van der Waals surface area contributed by atoms with Crippen LogP contribution in [0.3, 0.4) is 0 Å². The molecule has 136 valence electrons. The van der Waals surface area contributed by atoms with E-state index >= 15 is 0 Å². The van der Waals surface area contributed by atoms with Crippen LogP contribution in [0.2, 0.25) is 0 Å². The number of ether oxygens (including phenoxy) is 4. The maximum atomic E-state index is 9.89. The Balaban J connectivity index is 1.91. The predicted octanol–water partition coefficient (Wildman–Crippen LogP) is -0.937. The zero-order valence-corrected chi connectivity index (χ0v) is 13.7. The van der Waals surface area contributed by atoms with Gasteiger partial charge < -0.3 is 39.4 Å². The molecule has 5 atom stereocenters. The van der Waals surface area contributed by atoms with Crippen LogP contribution in [0, 0.1) is 0 Å². The summed E-state index contributed by atoms with van der Waals surface area (Å²) in [6.07, 6.45) is -5.82. The number of hydrogen-bond acceptors (Lipinski definition) is 8. The van der Waals surface area contributed by atoms with Crippen LogP contribution >= 0.6 is 0 Å². The van der Waals surface area contributed by atoms with Crippen LogP contribution in [-0.2, 0) is 15.9 Å². The molecule has 8 heteroatoms. The van der Waals surface area contributed by atoms with Crippen molar-refractivity contribution in [2.24, 2.45) is 0 Å². The van der Waals surface area contributed by atoms with Gasteiger partial charge in [-0.2, -0.15) is 0 Å². The van der Waals surface area contributed by atoms with Crippen LogP contribution < -0.4 is 9.47 Å². The monoisotopic (exact) mass is 344 g/mol. The average molecular weight is 344 g/mol. The zero-order chi connectivity index (χ0) is 17.7. The molecule has 0 radical (unpaired) electrons. The Hall–Kier alpha value is -1.42. The lowest BCUT2D eigenvalue weighted by atomic mass is 9.99. The molecule has 4 N–H and O–H groups in total. The molecule has 24 heavy (non-hydrogen) atoms. The highest BCUT2D eigenvalue weighted by molar-refractivity contribution is 5.42. The molecule has 0 spiro atoms. The van der Waals surface area contributed by atoms with Crippen LogP contribution in [0.25, 0.3) is 0 Å². The number of methoxy groups -OCH3 is 2. The van der Waals surface area contributed by atoms with E-state index in [1.807, 2.05) is 12.1 Å². The van der Waals surface area contributed by atoms with Crippen LogP contribution in [0.1, 0.15) is 5.56 Å². The fraction of sp³-hybridized carbons (Fsp3) is 0.625. The number of aliphatic hydroxyl groups excluding tert-OH is 4. The first kappa shape index (κ1) is 18.9. The highest BCUT2D eigenvalue weighted by atomic mass is 16.7. The highest BCUT2D eigenvalue weighted by Gasteiger charge is 2.43. The Kier molecular flexibility index (Phi) is 6.79. The van der Waals surface area contributed by atoms with Crippen molar-refractivity contribution in [2.75, 3.05) is 27.4 Å². The summed E-state index contributed by atoms with van der Waals surface area (Å²) in [6.45, 7) is -0.279. The first-order chi connectivity index (χ1) is 11.5. The second-order valence-corrected chi connectivity index (χ2v) is 5.51. The van der Waals surface area contributed by atoms with Crippen molar-refractivity contribution >= 4 is 0 Å². The van der Waals surface area contributed by atoms with Gasteiger partial charge in [0.25, 0.3) is 0 Å². The number of hydrogen-bond donors (Lipinski definition) is 4. The Morgan fingerprint density at radius 3 is 2.33 bits per heavy atom. The van der Waals surface area contributed by atoms with Gasteiger partial charge in [-0.25, -0.2) is 0 Å². The lowest BCUT2D eigenvalue weighted by Crippen LogP contribution is -2.59. The molecule has 1 saturated heterocycles. The van der Waals surface area contributed by atoms with E-state index in [2.05, 4.69) is 0 Å². The quantitative estimate of drug-likeness (QED) is 0.501. The van der Waals surface area contributed by atoms with Crippen molar-refractivity contribution in [1.82, 2.24) is 0 Å². The standard InChI is InChI=1S/C16H24O8/c1-21-10-4-3-9(7-11(10)22-2)5-6-23-16-15(20)14(19)13(18)12(8-17)24-16/h3-4,7,12-20H,5-6,8H2,1-2H3/t12-,13-,14+,15-,16-/m1/s1. The summed E-state index contributed by atoms with van der Waals surface area (Å²) in [7, 11) is 3.10. The highest BCUT2D eigenvalue weighted by Crippen LogP contribution is 2.28. The SMILES string of the molecule is COc1ccc(CCO[C@@H]2O[C@H](CO)[C@@H](O)[C@H](O)[C@H]2O)cc1OC.